The number of allylic oxidation sites excluding steroid dienone is 2. The fourth-order valence-corrected chi connectivity index (χ4v) is 4.08. The number of carbonyl (C=O) groups is 2. The highest BCUT2D eigenvalue weighted by Crippen LogP contribution is 2.42. The van der Waals surface area contributed by atoms with Gasteiger partial charge in [-0.3, -0.25) is 9.59 Å². The minimum absolute atomic E-state index is 0.00807. The Hall–Kier alpha value is -2.95. The minimum Gasteiger partial charge on any atom is -0.497 e. The standard InChI is InChI=1S/C22H20FNO3/c1-27-17-7-5-13(6-8-17)15-10-19-22(20(25)11-15)18(12-21(26)24-19)14-3-2-4-16(23)9-14/h2-9,15,18H,10-12H2,1H3,(H,24,26)/t15-,18-/m0/s1. The maximum Gasteiger partial charge on any atom is 0.225 e. The number of rotatable bonds is 3. The Morgan fingerprint density at radius 3 is 2.48 bits per heavy atom. The summed E-state index contributed by atoms with van der Waals surface area (Å²) in [5, 5.41) is 2.89. The largest absolute Gasteiger partial charge is 0.497 e. The van der Waals surface area contributed by atoms with E-state index in [9.17, 15) is 14.0 Å². The number of Topliss-reactive ketones (excluding diaryl/α,β-unsaturated/α-hetero) is 1. The van der Waals surface area contributed by atoms with Crippen LogP contribution in [0.5, 0.6) is 5.75 Å². The third-order valence-corrected chi connectivity index (χ3v) is 5.37. The molecule has 0 bridgehead atoms. The van der Waals surface area contributed by atoms with Gasteiger partial charge < -0.3 is 10.1 Å². The van der Waals surface area contributed by atoms with Gasteiger partial charge in [-0.2, -0.15) is 0 Å². The van der Waals surface area contributed by atoms with Gasteiger partial charge in [-0.1, -0.05) is 24.3 Å². The van der Waals surface area contributed by atoms with Crippen molar-refractivity contribution in [1.82, 2.24) is 5.32 Å². The van der Waals surface area contributed by atoms with E-state index in [0.717, 1.165) is 11.3 Å². The molecule has 0 unspecified atom stereocenters. The zero-order chi connectivity index (χ0) is 19.0. The van der Waals surface area contributed by atoms with Crippen molar-refractivity contribution in [2.75, 3.05) is 7.11 Å². The number of hydrogen-bond donors (Lipinski definition) is 1. The van der Waals surface area contributed by atoms with E-state index in [0.29, 0.717) is 29.7 Å². The topological polar surface area (TPSA) is 55.4 Å². The molecule has 4 rings (SSSR count). The van der Waals surface area contributed by atoms with Crippen LogP contribution in [-0.4, -0.2) is 18.8 Å². The average molecular weight is 365 g/mol. The van der Waals surface area contributed by atoms with Gasteiger partial charge in [0, 0.05) is 30.0 Å². The molecule has 0 radical (unpaired) electrons. The lowest BCUT2D eigenvalue weighted by molar-refractivity contribution is -0.122. The van der Waals surface area contributed by atoms with Crippen LogP contribution in [0, 0.1) is 5.82 Å². The lowest BCUT2D eigenvalue weighted by Crippen LogP contribution is -2.38. The highest BCUT2D eigenvalue weighted by molar-refractivity contribution is 6.02. The van der Waals surface area contributed by atoms with Gasteiger partial charge in [-0.15, -0.1) is 0 Å². The smallest absolute Gasteiger partial charge is 0.225 e. The first kappa shape index (κ1) is 17.5. The van der Waals surface area contributed by atoms with Gasteiger partial charge in [0.05, 0.1) is 7.11 Å². The van der Waals surface area contributed by atoms with Crippen LogP contribution >= 0.6 is 0 Å². The predicted octanol–water partition coefficient (Wildman–Crippen LogP) is 3.84. The van der Waals surface area contributed by atoms with Crippen LogP contribution < -0.4 is 10.1 Å². The number of carbonyl (C=O) groups excluding carboxylic acids is 2. The number of ether oxygens (including phenoxy) is 1. The number of hydrogen-bond acceptors (Lipinski definition) is 3. The third kappa shape index (κ3) is 3.37. The lowest BCUT2D eigenvalue weighted by atomic mass is 9.73. The van der Waals surface area contributed by atoms with E-state index in [4.69, 9.17) is 4.74 Å². The molecule has 2 aliphatic rings. The average Bonchev–Trinajstić information content (AvgIpc) is 2.67. The predicted molar refractivity (Wildman–Crippen MR) is 98.9 cm³/mol. The molecule has 0 fully saturated rings. The van der Waals surface area contributed by atoms with E-state index >= 15 is 0 Å². The van der Waals surface area contributed by atoms with E-state index in [-0.39, 0.29) is 35.8 Å². The van der Waals surface area contributed by atoms with Crippen molar-refractivity contribution in [2.45, 2.75) is 31.1 Å². The number of halogens is 1. The molecule has 2 aromatic rings. The molecule has 4 nitrogen and oxygen atoms in total. The van der Waals surface area contributed by atoms with Crippen molar-refractivity contribution in [2.24, 2.45) is 0 Å². The number of benzene rings is 2. The minimum atomic E-state index is -0.381. The van der Waals surface area contributed by atoms with Crippen LogP contribution in [0.2, 0.25) is 0 Å². The molecule has 2 aromatic carbocycles. The molecule has 1 aliphatic heterocycles. The molecule has 1 amide bonds. The first-order valence-corrected chi connectivity index (χ1v) is 9.00. The van der Waals surface area contributed by atoms with Crippen molar-refractivity contribution < 1.29 is 18.7 Å². The SMILES string of the molecule is COc1ccc([C@@H]2CC(=O)C3=C(C2)NC(=O)C[C@H]3c2cccc(F)c2)cc1. The van der Waals surface area contributed by atoms with E-state index in [1.165, 1.54) is 12.1 Å². The van der Waals surface area contributed by atoms with Crippen molar-refractivity contribution in [1.29, 1.82) is 0 Å². The summed E-state index contributed by atoms with van der Waals surface area (Å²) in [5.74, 6) is -0.0852. The third-order valence-electron chi connectivity index (χ3n) is 5.37. The van der Waals surface area contributed by atoms with Gasteiger partial charge in [0.1, 0.15) is 11.6 Å². The fourth-order valence-electron chi connectivity index (χ4n) is 4.08. The molecule has 138 valence electrons. The summed E-state index contributed by atoms with van der Waals surface area (Å²) in [5.41, 5.74) is 3.02. The van der Waals surface area contributed by atoms with Crippen molar-refractivity contribution in [3.05, 3.63) is 76.7 Å². The number of ketones is 1. The Balaban J connectivity index is 1.68. The molecule has 1 heterocycles. The van der Waals surface area contributed by atoms with Gasteiger partial charge in [0.15, 0.2) is 5.78 Å². The van der Waals surface area contributed by atoms with Gasteiger partial charge in [0.25, 0.3) is 0 Å². The van der Waals surface area contributed by atoms with Crippen LogP contribution in [0.4, 0.5) is 4.39 Å². The number of amides is 1. The zero-order valence-corrected chi connectivity index (χ0v) is 15.0. The van der Waals surface area contributed by atoms with Crippen LogP contribution in [0.1, 0.15) is 42.2 Å². The van der Waals surface area contributed by atoms with Crippen LogP contribution in [0.3, 0.4) is 0 Å². The molecule has 0 spiro atoms. The maximum absolute atomic E-state index is 13.7. The second-order valence-corrected chi connectivity index (χ2v) is 7.05. The van der Waals surface area contributed by atoms with Gasteiger partial charge in [0.2, 0.25) is 5.91 Å². The Bertz CT molecular complexity index is 933. The van der Waals surface area contributed by atoms with E-state index in [1.54, 1.807) is 19.2 Å². The summed E-state index contributed by atoms with van der Waals surface area (Å²) in [4.78, 5) is 25.2. The van der Waals surface area contributed by atoms with Gasteiger partial charge in [-0.05, 0) is 47.7 Å². The summed E-state index contributed by atoms with van der Waals surface area (Å²) in [6.07, 6.45) is 1.14. The molecular formula is C22H20FNO3. The quantitative estimate of drug-likeness (QED) is 0.899. The summed E-state index contributed by atoms with van der Waals surface area (Å²) in [7, 11) is 1.61. The monoisotopic (exact) mass is 365 g/mol. The maximum atomic E-state index is 13.7. The summed E-state index contributed by atoms with van der Waals surface area (Å²) < 4.78 is 18.9. The van der Waals surface area contributed by atoms with Crippen LogP contribution in [-0.2, 0) is 9.59 Å². The highest BCUT2D eigenvalue weighted by Gasteiger charge is 2.38. The molecular weight excluding hydrogens is 345 g/mol. The fraction of sp³-hybridized carbons (Fsp3) is 0.273. The lowest BCUT2D eigenvalue weighted by Gasteiger charge is -2.34. The molecule has 1 aliphatic carbocycles. The summed E-state index contributed by atoms with van der Waals surface area (Å²) >= 11 is 0. The number of nitrogens with one attached hydrogen (secondary N) is 1. The van der Waals surface area contributed by atoms with Crippen molar-refractivity contribution in [3.63, 3.8) is 0 Å². The Labute approximate surface area is 157 Å². The summed E-state index contributed by atoms with van der Waals surface area (Å²) in [6.45, 7) is 0. The molecule has 0 saturated heterocycles. The second-order valence-electron chi connectivity index (χ2n) is 7.05. The highest BCUT2D eigenvalue weighted by atomic mass is 19.1. The second kappa shape index (κ2) is 6.99. The van der Waals surface area contributed by atoms with E-state index < -0.39 is 0 Å². The van der Waals surface area contributed by atoms with Crippen molar-refractivity contribution >= 4 is 11.7 Å². The Morgan fingerprint density at radius 2 is 1.78 bits per heavy atom. The molecule has 0 aromatic heterocycles. The van der Waals surface area contributed by atoms with Gasteiger partial charge in [-0.25, -0.2) is 4.39 Å². The van der Waals surface area contributed by atoms with E-state index in [1.807, 2.05) is 24.3 Å². The molecule has 0 saturated carbocycles. The Kier molecular flexibility index (Phi) is 4.52. The number of methoxy groups -OCH3 is 1. The normalized spacial score (nSPS) is 22.3. The molecule has 27 heavy (non-hydrogen) atoms. The van der Waals surface area contributed by atoms with Crippen LogP contribution in [0.25, 0.3) is 0 Å². The molecule has 1 N–H and O–H groups in total. The summed E-state index contributed by atoms with van der Waals surface area (Å²) in [6, 6.07) is 13.8. The van der Waals surface area contributed by atoms with Gasteiger partial charge >= 0.3 is 0 Å². The van der Waals surface area contributed by atoms with Crippen LogP contribution in [0.15, 0.2) is 59.8 Å². The first-order chi connectivity index (χ1) is 13.0. The zero-order valence-electron chi connectivity index (χ0n) is 15.0. The Morgan fingerprint density at radius 1 is 1.00 bits per heavy atom. The van der Waals surface area contributed by atoms with Crippen molar-refractivity contribution in [3.8, 4) is 5.75 Å². The first-order valence-electron chi connectivity index (χ1n) is 9.00. The van der Waals surface area contributed by atoms with E-state index in [2.05, 4.69) is 5.32 Å². The molecule has 5 heteroatoms. The molecule has 2 atom stereocenters.